The van der Waals surface area contributed by atoms with Gasteiger partial charge in [0.1, 0.15) is 18.5 Å². The van der Waals surface area contributed by atoms with Crippen LogP contribution in [0.2, 0.25) is 0 Å². The Kier molecular flexibility index (Phi) is 6.26. The third-order valence-electron chi connectivity index (χ3n) is 5.11. The summed E-state index contributed by atoms with van der Waals surface area (Å²) in [4.78, 5) is 13.5. The molecule has 0 spiro atoms. The highest BCUT2D eigenvalue weighted by atomic mass is 19.3. The molecule has 0 bridgehead atoms. The molecule has 1 aliphatic rings. The van der Waals surface area contributed by atoms with Crippen LogP contribution in [0.25, 0.3) is 11.6 Å². The molecule has 3 heterocycles. The molecule has 2 unspecified atom stereocenters. The fourth-order valence-electron chi connectivity index (χ4n) is 3.39. The van der Waals surface area contributed by atoms with E-state index >= 15 is 0 Å². The van der Waals surface area contributed by atoms with Crippen molar-refractivity contribution in [3.63, 3.8) is 0 Å². The zero-order chi connectivity index (χ0) is 22.6. The van der Waals surface area contributed by atoms with Crippen molar-refractivity contribution in [1.82, 2.24) is 25.5 Å². The van der Waals surface area contributed by atoms with Crippen LogP contribution in [0.5, 0.6) is 0 Å². The lowest BCUT2D eigenvalue weighted by Gasteiger charge is -2.22. The number of aliphatic hydroxyl groups is 1. The molecule has 1 amide bonds. The Labute approximate surface area is 181 Å². The summed E-state index contributed by atoms with van der Waals surface area (Å²) >= 11 is 0. The standard InChI is InChI=1S/C21H21F2N5O4/c22-21(23,14-5-2-1-3-6-14)18(29)11-8-15-13-31-20(30)28(15)12-4-7-16-9-10-17(32-16)19-24-26-27-25-19/h1-3,5-6,8-11,15,18,29H,4,7,12-13H2,(H,24,25,26,27)/b11-8+. The maximum Gasteiger partial charge on any atom is 0.410 e. The monoisotopic (exact) mass is 445 g/mol. The van der Waals surface area contributed by atoms with Crippen molar-refractivity contribution >= 4 is 6.09 Å². The second-order valence-corrected chi connectivity index (χ2v) is 7.26. The minimum atomic E-state index is -3.46. The number of aromatic nitrogens is 4. The molecule has 1 saturated heterocycles. The molecule has 4 rings (SSSR count). The number of nitrogens with zero attached hydrogens (tertiary/aromatic N) is 4. The molecule has 3 aromatic rings. The van der Waals surface area contributed by atoms with E-state index in [1.807, 2.05) is 0 Å². The van der Waals surface area contributed by atoms with Gasteiger partial charge in [-0.25, -0.2) is 4.79 Å². The van der Waals surface area contributed by atoms with Crippen LogP contribution in [0.1, 0.15) is 17.7 Å². The lowest BCUT2D eigenvalue weighted by atomic mass is 10.0. The van der Waals surface area contributed by atoms with Crippen LogP contribution in [-0.2, 0) is 17.1 Å². The summed E-state index contributed by atoms with van der Waals surface area (Å²) in [6.07, 6.45) is 0.919. The van der Waals surface area contributed by atoms with Gasteiger partial charge in [0.25, 0.3) is 0 Å². The SMILES string of the molecule is O=C1OCC(/C=C/C(O)C(F)(F)c2ccccc2)N1CCCc1ccc(-c2nn[nH]n2)o1. The summed E-state index contributed by atoms with van der Waals surface area (Å²) in [5.41, 5.74) is -0.286. The number of aryl methyl sites for hydroxylation is 1. The first kappa shape index (κ1) is 21.6. The number of nitrogens with one attached hydrogen (secondary N) is 1. The van der Waals surface area contributed by atoms with Crippen molar-refractivity contribution in [2.24, 2.45) is 0 Å². The first-order chi connectivity index (χ1) is 15.4. The Hall–Kier alpha value is -3.60. The third kappa shape index (κ3) is 4.67. The Morgan fingerprint density at radius 3 is 2.84 bits per heavy atom. The maximum absolute atomic E-state index is 14.5. The van der Waals surface area contributed by atoms with E-state index in [4.69, 9.17) is 9.15 Å². The molecule has 0 aliphatic carbocycles. The van der Waals surface area contributed by atoms with Crippen molar-refractivity contribution < 1.29 is 27.8 Å². The number of tetrazole rings is 1. The molecule has 1 aliphatic heterocycles. The summed E-state index contributed by atoms with van der Waals surface area (Å²) in [7, 11) is 0. The van der Waals surface area contributed by atoms with Gasteiger partial charge < -0.3 is 14.3 Å². The zero-order valence-electron chi connectivity index (χ0n) is 16.9. The van der Waals surface area contributed by atoms with Gasteiger partial charge in [0.15, 0.2) is 5.76 Å². The summed E-state index contributed by atoms with van der Waals surface area (Å²) in [6, 6.07) is 10.1. The molecular formula is C21H21F2N5O4. The van der Waals surface area contributed by atoms with E-state index in [9.17, 15) is 18.7 Å². The fourth-order valence-corrected chi connectivity index (χ4v) is 3.39. The minimum Gasteiger partial charge on any atom is -0.458 e. The van der Waals surface area contributed by atoms with Gasteiger partial charge in [0.2, 0.25) is 5.82 Å². The third-order valence-corrected chi connectivity index (χ3v) is 5.11. The molecule has 168 valence electrons. The lowest BCUT2D eigenvalue weighted by molar-refractivity contribution is -0.0929. The number of ether oxygens (including phenoxy) is 1. The highest BCUT2D eigenvalue weighted by Gasteiger charge is 2.39. The van der Waals surface area contributed by atoms with Crippen LogP contribution < -0.4 is 0 Å². The fraction of sp³-hybridized carbons (Fsp3) is 0.333. The number of furan rings is 1. The number of aliphatic hydroxyl groups excluding tert-OH is 1. The predicted octanol–water partition coefficient (Wildman–Crippen LogP) is 2.92. The predicted molar refractivity (Wildman–Crippen MR) is 108 cm³/mol. The number of hydrogen-bond donors (Lipinski definition) is 2. The van der Waals surface area contributed by atoms with Gasteiger partial charge in [-0.05, 0) is 23.8 Å². The number of H-pyrrole nitrogens is 1. The van der Waals surface area contributed by atoms with Crippen LogP contribution >= 0.6 is 0 Å². The molecule has 9 nitrogen and oxygen atoms in total. The van der Waals surface area contributed by atoms with Gasteiger partial charge in [0.05, 0.1) is 6.04 Å². The Morgan fingerprint density at radius 2 is 2.09 bits per heavy atom. The van der Waals surface area contributed by atoms with E-state index in [0.717, 1.165) is 6.08 Å². The number of carbonyl (C=O) groups is 1. The van der Waals surface area contributed by atoms with E-state index in [1.54, 1.807) is 18.2 Å². The number of aromatic amines is 1. The molecular weight excluding hydrogens is 424 g/mol. The van der Waals surface area contributed by atoms with E-state index in [-0.39, 0.29) is 12.2 Å². The Morgan fingerprint density at radius 1 is 1.28 bits per heavy atom. The number of alkyl halides is 2. The molecule has 2 N–H and O–H groups in total. The number of carbonyl (C=O) groups excluding carboxylic acids is 1. The summed E-state index contributed by atoms with van der Waals surface area (Å²) in [5.74, 6) is -1.96. The quantitative estimate of drug-likeness (QED) is 0.486. The number of cyclic esters (lactones) is 1. The van der Waals surface area contributed by atoms with Crippen molar-refractivity contribution in [3.8, 4) is 11.6 Å². The largest absolute Gasteiger partial charge is 0.458 e. The lowest BCUT2D eigenvalue weighted by Crippen LogP contribution is -2.34. The maximum atomic E-state index is 14.5. The molecule has 0 saturated carbocycles. The Bertz CT molecular complexity index is 1060. The second kappa shape index (κ2) is 9.27. The van der Waals surface area contributed by atoms with Gasteiger partial charge in [0, 0.05) is 18.5 Å². The molecule has 1 aromatic carbocycles. The number of halogens is 2. The Balaban J connectivity index is 1.33. The molecule has 1 fully saturated rings. The van der Waals surface area contributed by atoms with Crippen LogP contribution in [0, 0.1) is 0 Å². The number of amides is 1. The van der Waals surface area contributed by atoms with Crippen molar-refractivity contribution in [2.45, 2.75) is 30.9 Å². The van der Waals surface area contributed by atoms with E-state index in [1.165, 1.54) is 35.2 Å². The van der Waals surface area contributed by atoms with Gasteiger partial charge in [-0.1, -0.05) is 42.5 Å². The topological polar surface area (TPSA) is 117 Å². The van der Waals surface area contributed by atoms with Crippen LogP contribution in [0.4, 0.5) is 13.6 Å². The minimum absolute atomic E-state index is 0.0295. The smallest absolute Gasteiger partial charge is 0.410 e. The molecule has 11 heteroatoms. The van der Waals surface area contributed by atoms with Crippen LogP contribution in [0.3, 0.4) is 0 Å². The normalized spacial score (nSPS) is 17.8. The van der Waals surface area contributed by atoms with Crippen molar-refractivity contribution in [1.29, 1.82) is 0 Å². The molecule has 2 atom stereocenters. The van der Waals surface area contributed by atoms with Gasteiger partial charge in [-0.2, -0.15) is 14.0 Å². The zero-order valence-corrected chi connectivity index (χ0v) is 16.9. The highest BCUT2D eigenvalue weighted by molar-refractivity contribution is 5.70. The first-order valence-electron chi connectivity index (χ1n) is 10.0. The van der Waals surface area contributed by atoms with Crippen LogP contribution in [-0.4, -0.2) is 62.0 Å². The van der Waals surface area contributed by atoms with Crippen LogP contribution in [0.15, 0.2) is 59.0 Å². The number of benzene rings is 1. The van der Waals surface area contributed by atoms with Crippen molar-refractivity contribution in [3.05, 3.63) is 65.9 Å². The molecule has 2 aromatic heterocycles. The molecule has 32 heavy (non-hydrogen) atoms. The summed E-state index contributed by atoms with van der Waals surface area (Å²) in [5, 5.41) is 23.5. The molecule has 0 radical (unpaired) electrons. The van der Waals surface area contributed by atoms with Crippen molar-refractivity contribution in [2.75, 3.05) is 13.2 Å². The summed E-state index contributed by atoms with van der Waals surface area (Å²) < 4.78 is 39.6. The summed E-state index contributed by atoms with van der Waals surface area (Å²) in [6.45, 7) is 0.360. The average molecular weight is 445 g/mol. The average Bonchev–Trinajstić information content (AvgIpc) is 3.55. The van der Waals surface area contributed by atoms with Gasteiger partial charge in [-0.3, -0.25) is 4.90 Å². The van der Waals surface area contributed by atoms with Gasteiger partial charge in [-0.15, -0.1) is 10.2 Å². The second-order valence-electron chi connectivity index (χ2n) is 7.26. The van der Waals surface area contributed by atoms with E-state index in [2.05, 4.69) is 20.6 Å². The van der Waals surface area contributed by atoms with E-state index < -0.39 is 24.2 Å². The number of hydrogen-bond acceptors (Lipinski definition) is 7. The van der Waals surface area contributed by atoms with E-state index in [0.29, 0.717) is 36.7 Å². The van der Waals surface area contributed by atoms with Gasteiger partial charge >= 0.3 is 12.0 Å². The first-order valence-corrected chi connectivity index (χ1v) is 10.0. The highest BCUT2D eigenvalue weighted by Crippen LogP contribution is 2.32. The number of rotatable bonds is 9.